The number of esters is 3. The number of aromatic nitrogens is 3. The Bertz CT molecular complexity index is 5550. The van der Waals surface area contributed by atoms with Gasteiger partial charge in [-0.1, -0.05) is 47.5 Å². The van der Waals surface area contributed by atoms with Gasteiger partial charge in [-0.2, -0.15) is 0 Å². The number of carboxylic acids is 1. The van der Waals surface area contributed by atoms with Crippen LogP contribution >= 0.6 is 84.5 Å². The number of carbonyl (C=O) groups excluding carboxylic acids is 3. The molecule has 1 N–H and O–H groups in total. The van der Waals surface area contributed by atoms with Crippen molar-refractivity contribution < 1.29 is 111 Å². The van der Waals surface area contributed by atoms with Gasteiger partial charge in [0.1, 0.15) is 8.67 Å². The maximum atomic E-state index is 13.6. The Balaban J connectivity index is 0.000000217. The predicted octanol–water partition coefficient (Wildman–Crippen LogP) is 30.1. The lowest BCUT2D eigenvalue weighted by Crippen LogP contribution is -2.41. The molecule has 6 aliphatic rings. The number of rotatable bonds is 30. The van der Waals surface area contributed by atoms with E-state index in [1.54, 1.807) is 69.3 Å². The van der Waals surface area contributed by atoms with Gasteiger partial charge in [-0.3, -0.25) is 50.1 Å². The van der Waals surface area contributed by atoms with E-state index in [0.717, 1.165) is 95.9 Å². The summed E-state index contributed by atoms with van der Waals surface area (Å²) in [6, 6.07) is 11.5. The van der Waals surface area contributed by atoms with Gasteiger partial charge in [-0.25, -0.2) is 19.2 Å². The molecule has 802 valence electrons. The summed E-state index contributed by atoms with van der Waals surface area (Å²) >= 11 is 21.9. The number of allylic oxidation sites excluding steroid dienone is 8. The first-order chi connectivity index (χ1) is 67.7. The highest BCUT2D eigenvalue weighted by Crippen LogP contribution is 2.55. The zero-order valence-corrected chi connectivity index (χ0v) is 95.5. The number of nitrogens with zero attached hydrogens (tertiary/aromatic N) is 3. The maximum Gasteiger partial charge on any atom is 0.494 e. The van der Waals surface area contributed by atoms with Crippen molar-refractivity contribution in [1.29, 1.82) is 0 Å². The number of hydrogen-bond donors (Lipinski definition) is 1. The summed E-state index contributed by atoms with van der Waals surface area (Å²) in [7, 11) is -0.653. The fourth-order valence-electron chi connectivity index (χ4n) is 17.0. The average molecular weight is 2210 g/mol. The van der Waals surface area contributed by atoms with Crippen molar-refractivity contribution in [3.05, 3.63) is 175 Å². The molecule has 9 heterocycles. The van der Waals surface area contributed by atoms with E-state index in [9.17, 15) is 59.4 Å². The zero-order chi connectivity index (χ0) is 108. The van der Waals surface area contributed by atoms with Crippen LogP contribution in [-0.4, -0.2) is 176 Å². The van der Waals surface area contributed by atoms with Gasteiger partial charge >= 0.3 is 38.1 Å². The van der Waals surface area contributed by atoms with Gasteiger partial charge in [0.2, 0.25) is 0 Å². The number of carboxylic acid groups (broad SMARTS) is 1. The molecule has 19 nitrogen and oxygen atoms in total. The van der Waals surface area contributed by atoms with Crippen LogP contribution in [0.1, 0.15) is 319 Å². The van der Waals surface area contributed by atoms with Crippen LogP contribution in [0.5, 0.6) is 0 Å². The van der Waals surface area contributed by atoms with E-state index >= 15 is 0 Å². The Morgan fingerprint density at radius 3 is 0.952 bits per heavy atom. The molecule has 0 saturated carbocycles. The van der Waals surface area contributed by atoms with Gasteiger partial charge in [-0.15, -0.1) is 45.3 Å². The molecule has 0 amide bonds. The van der Waals surface area contributed by atoms with Crippen LogP contribution in [0.2, 0.25) is 8.67 Å². The number of aliphatic carboxylic acids is 1. The van der Waals surface area contributed by atoms with Crippen LogP contribution < -0.4 is 5.46 Å². The number of ether oxygens (including phenoxy) is 7. The van der Waals surface area contributed by atoms with Crippen molar-refractivity contribution in [3.8, 4) is 20.9 Å². The number of aryl methyl sites for hydroxylation is 4. The van der Waals surface area contributed by atoms with Crippen LogP contribution in [0.3, 0.4) is 0 Å². The van der Waals surface area contributed by atoms with Crippen molar-refractivity contribution in [1.82, 2.24) is 15.0 Å². The molecule has 4 aliphatic carbocycles. The first-order valence-electron chi connectivity index (χ1n) is 49.3. The number of pyridine rings is 3. The lowest BCUT2D eigenvalue weighted by Gasteiger charge is -2.32. The normalized spacial score (nSPS) is 18.9. The van der Waals surface area contributed by atoms with Gasteiger partial charge in [0.25, 0.3) is 0 Å². The number of alkyl halides is 8. The summed E-state index contributed by atoms with van der Waals surface area (Å²) in [6.07, 6.45) is 19.5. The Morgan fingerprint density at radius 1 is 0.400 bits per heavy atom. The molecule has 4 atom stereocenters. The minimum absolute atomic E-state index is 0.243. The number of hydrogen-bond acceptors (Lipinski definition) is 22. The fraction of sp³-hybridized carbons (Fsp3) is 0.606. The summed E-state index contributed by atoms with van der Waals surface area (Å²) < 4.78 is 172. The minimum atomic E-state index is -1.14. The topological polar surface area (TPSA) is 229 Å². The van der Waals surface area contributed by atoms with Crippen LogP contribution in [0.25, 0.3) is 37.6 Å². The number of thiophene rings is 4. The first kappa shape index (κ1) is 124. The smallest absolute Gasteiger partial charge is 0.479 e. The van der Waals surface area contributed by atoms with Crippen LogP contribution in [0, 0.1) is 49.4 Å². The Hall–Kier alpha value is -6.60. The minimum Gasteiger partial charge on any atom is -0.479 e. The fourth-order valence-corrected chi connectivity index (χ4v) is 23.1. The van der Waals surface area contributed by atoms with Gasteiger partial charge < -0.3 is 56.9 Å². The van der Waals surface area contributed by atoms with Crippen molar-refractivity contribution in [2.75, 3.05) is 73.2 Å². The molecule has 145 heavy (non-hydrogen) atoms. The molecule has 2 fully saturated rings. The number of halogens is 11. The molecular weight excluding hydrogens is 2060 g/mol. The summed E-state index contributed by atoms with van der Waals surface area (Å²) in [5, 5.41) is 10.0. The monoisotopic (exact) mass is 2210 g/mol. The van der Waals surface area contributed by atoms with E-state index in [1.165, 1.54) is 34.0 Å². The van der Waals surface area contributed by atoms with Gasteiger partial charge in [-0.05, 0) is 355 Å². The van der Waals surface area contributed by atoms with Crippen LogP contribution in [0.15, 0.2) is 108 Å². The lowest BCUT2D eigenvalue weighted by molar-refractivity contribution is -0.167. The third-order valence-electron chi connectivity index (χ3n) is 26.8. The van der Waals surface area contributed by atoms with E-state index in [1.807, 2.05) is 227 Å². The lowest BCUT2D eigenvalue weighted by atomic mass is 9.66. The molecule has 7 aromatic rings. The third-order valence-corrected chi connectivity index (χ3v) is 33.1. The van der Waals surface area contributed by atoms with Crippen molar-refractivity contribution in [2.24, 2.45) is 21.7 Å². The van der Waals surface area contributed by atoms with E-state index in [4.69, 9.17) is 75.0 Å². The standard InChI is InChI=1S/C26H33F2NO3S.C24H29F2NO3S.C21H29ClF2O3S.C14H23BF2O2.C13H18BrClO3S.C11H16BNO2/c1-6-31-24(30)22(32-25(3,4)5)20-17(2)33-23(19-9-13-29-14-10-19)21(20)18-7-11-26(15-27,16-28)12-8-18;1-15-18(20(22(28)29)30-23(2,3)4)19(21(31-15)17-7-11-27-12-8-17)16-5-9-24(13-25,14-26)10-6-16;1-6-26-19(25)17(27-20(3,4)5)15-13(2)28-18(22)16(15)14-7-9-21(11-23,12-24)10-8-14;1-12(2)13(3,4)19-15(18-12)11-5-7-14(9-16,10-17)8-6-11;1-6-17-12(16)10(18-13(3,4)5)8-7(2)19-11(15)9(8)14;1-10(2)11(3,4)15-12(14-10)9-5-7-13-8-6-9/h7,9-10,13-14,22H,6,8,11-12,15-16H2,1-5H3;5,7-8,11-12,20H,6,9-10,13-14H2,1-4H3,(H,28,29);7,17H,6,8-12H2,1-5H3;5H,6-10H2,1-4H3;10H,6H2,1-5H3;5-8H,1-4H3. The second-order valence-electron chi connectivity index (χ2n) is 43.7. The van der Waals surface area contributed by atoms with Crippen LogP contribution in [-0.2, 0) is 71.0 Å². The van der Waals surface area contributed by atoms with Gasteiger partial charge in [0.05, 0.1) is 122 Å². The highest BCUT2D eigenvalue weighted by atomic mass is 79.9. The Kier molecular flexibility index (Phi) is 44.5. The van der Waals surface area contributed by atoms with E-state index in [0.29, 0.717) is 102 Å². The van der Waals surface area contributed by atoms with E-state index in [-0.39, 0.29) is 56.3 Å². The molecule has 0 bridgehead atoms. The highest BCUT2D eigenvalue weighted by Gasteiger charge is 2.55. The molecule has 36 heteroatoms. The van der Waals surface area contributed by atoms with Crippen LogP contribution in [0.4, 0.5) is 35.1 Å². The van der Waals surface area contributed by atoms with E-state index in [2.05, 4.69) is 30.9 Å². The van der Waals surface area contributed by atoms with Crippen molar-refractivity contribution in [2.45, 2.75) is 333 Å². The Morgan fingerprint density at radius 2 is 0.669 bits per heavy atom. The zero-order valence-electron chi connectivity index (χ0n) is 89.2. The molecule has 0 radical (unpaired) electrons. The van der Waals surface area contributed by atoms with Crippen molar-refractivity contribution >= 4 is 145 Å². The average Bonchev–Trinajstić information content (AvgIpc) is 1.65. The summed E-state index contributed by atoms with van der Waals surface area (Å²) in [5.41, 5.74) is 4.85. The molecule has 7 aromatic heterocycles. The largest absolute Gasteiger partial charge is 0.494 e. The molecule has 4 unspecified atom stereocenters. The Labute approximate surface area is 888 Å². The summed E-state index contributed by atoms with van der Waals surface area (Å²) in [4.78, 5) is 67.9. The molecule has 13 rings (SSSR count). The molecular formula is C109H148B2BrCl2F8N3O16S4. The maximum absolute atomic E-state index is 13.6. The quantitative estimate of drug-likeness (QED) is 0.0191. The highest BCUT2D eigenvalue weighted by molar-refractivity contribution is 9.10. The second-order valence-corrected chi connectivity index (χ2v) is 50.6. The summed E-state index contributed by atoms with van der Waals surface area (Å²) in [5.74, 6) is -2.35. The van der Waals surface area contributed by atoms with Crippen molar-refractivity contribution in [3.63, 3.8) is 0 Å². The van der Waals surface area contributed by atoms with Gasteiger partial charge in [0.15, 0.2) is 24.4 Å². The SMILES string of the molecule is CC1(C)OB(C2=CCC(CF)(CF)CC2)OC1(C)C.CC1(C)OB(c2ccncc2)OC1(C)C.CCOC(=O)C(OC(C)(C)C)c1c(C)sc(-c2ccncc2)c1C1=CCC(CF)(CF)CC1.CCOC(=O)C(OC(C)(C)C)c1c(C)sc(Cl)c1Br.CCOC(=O)C(OC(C)(C)C)c1c(C)sc(Cl)c1C1=CCC(CF)(CF)CC1.Cc1sc(-c2ccncc2)c(C2=CCC(CF)(CF)CC2)c1C(OC(C)(C)C)C(=O)O. The van der Waals surface area contributed by atoms with Gasteiger partial charge in [0, 0.05) is 127 Å². The predicted molar refractivity (Wildman–Crippen MR) is 573 cm³/mol. The third kappa shape index (κ3) is 32.0. The first-order valence-corrected chi connectivity index (χ1v) is 54.1. The molecule has 0 spiro atoms. The second kappa shape index (κ2) is 52.2. The molecule has 2 aliphatic heterocycles. The summed E-state index contributed by atoms with van der Waals surface area (Å²) in [6.45, 7) is 47.1. The molecule has 0 aromatic carbocycles. The number of carbonyl (C=O) groups is 4. The molecule has 2 saturated heterocycles. The van der Waals surface area contributed by atoms with E-state index < -0.39 is 146 Å².